The molecule has 0 bridgehead atoms. The highest BCUT2D eigenvalue weighted by molar-refractivity contribution is 6.30. The van der Waals surface area contributed by atoms with Gasteiger partial charge in [-0.2, -0.15) is 0 Å². The Kier molecular flexibility index (Phi) is 8.82. The number of hydrogen-bond acceptors (Lipinski definition) is 4. The van der Waals surface area contributed by atoms with Crippen LogP contribution < -0.4 is 10.6 Å². The van der Waals surface area contributed by atoms with Crippen molar-refractivity contribution in [3.05, 3.63) is 100 Å². The van der Waals surface area contributed by atoms with Gasteiger partial charge in [0.1, 0.15) is 11.4 Å². The minimum absolute atomic E-state index is 0.0303. The number of Topliss-reactive ketones (excluding diaryl/α,β-unsaturated/α-hetero) is 1. The number of nitrogens with one attached hydrogen (secondary N) is 2. The molecular formula is C30H33ClFN3O3. The van der Waals surface area contributed by atoms with Gasteiger partial charge in [0.2, 0.25) is 0 Å². The number of benzene rings is 3. The molecule has 1 aliphatic heterocycles. The number of anilines is 1. The average Bonchev–Trinajstić information content (AvgIpc) is 2.90. The van der Waals surface area contributed by atoms with Crippen LogP contribution in [0.2, 0.25) is 5.02 Å². The third-order valence-corrected chi connectivity index (χ3v) is 7.52. The number of nitrogens with zero attached hydrogens (tertiary/aromatic N) is 1. The summed E-state index contributed by atoms with van der Waals surface area (Å²) < 4.78 is 13.4. The fourth-order valence-electron chi connectivity index (χ4n) is 5.06. The number of hydrogen-bond donors (Lipinski definition) is 3. The second-order valence-corrected chi connectivity index (χ2v) is 10.5. The minimum atomic E-state index is -1.37. The van der Waals surface area contributed by atoms with Crippen molar-refractivity contribution in [1.82, 2.24) is 10.2 Å². The maximum atomic E-state index is 13.4. The Labute approximate surface area is 227 Å². The normalized spacial score (nSPS) is 19.4. The molecule has 3 aromatic carbocycles. The number of carbonyl (C=O) groups excluding carboxylic acids is 2. The number of rotatable bonds is 8. The molecule has 4 rings (SSSR count). The van der Waals surface area contributed by atoms with Crippen LogP contribution >= 0.6 is 11.6 Å². The molecule has 3 aromatic rings. The summed E-state index contributed by atoms with van der Waals surface area (Å²) >= 11 is 6.09. The molecule has 0 spiro atoms. The molecule has 0 aromatic heterocycles. The van der Waals surface area contributed by atoms with Crippen molar-refractivity contribution in [2.75, 3.05) is 25.0 Å². The van der Waals surface area contributed by atoms with Gasteiger partial charge in [-0.15, -0.1) is 0 Å². The summed E-state index contributed by atoms with van der Waals surface area (Å²) in [6.07, 6.45) is 1.76. The van der Waals surface area contributed by atoms with E-state index in [0.29, 0.717) is 34.3 Å². The monoisotopic (exact) mass is 537 g/mol. The molecule has 0 radical (unpaired) electrons. The molecule has 0 aliphatic carbocycles. The zero-order valence-electron chi connectivity index (χ0n) is 21.6. The topological polar surface area (TPSA) is 81.7 Å². The Balaban J connectivity index is 1.45. The van der Waals surface area contributed by atoms with Crippen LogP contribution in [0, 0.1) is 5.82 Å². The molecule has 200 valence electrons. The number of aliphatic hydroxyl groups is 1. The van der Waals surface area contributed by atoms with Gasteiger partial charge in [-0.05, 0) is 86.7 Å². The molecule has 1 aliphatic rings. The predicted octanol–water partition coefficient (Wildman–Crippen LogP) is 5.96. The lowest BCUT2D eigenvalue weighted by Gasteiger charge is -2.42. The van der Waals surface area contributed by atoms with Crippen molar-refractivity contribution in [2.24, 2.45) is 0 Å². The first-order valence-electron chi connectivity index (χ1n) is 12.8. The zero-order valence-corrected chi connectivity index (χ0v) is 22.3. The fourth-order valence-corrected chi connectivity index (χ4v) is 5.18. The van der Waals surface area contributed by atoms with E-state index in [4.69, 9.17) is 11.6 Å². The maximum Gasteiger partial charge on any atom is 0.319 e. The number of ketones is 1. The second kappa shape index (κ2) is 12.1. The number of piperidine rings is 1. The molecule has 6 nitrogen and oxygen atoms in total. The van der Waals surface area contributed by atoms with Crippen LogP contribution in [0.3, 0.4) is 0 Å². The van der Waals surface area contributed by atoms with Gasteiger partial charge < -0.3 is 15.7 Å². The van der Waals surface area contributed by atoms with E-state index < -0.39 is 11.6 Å². The smallest absolute Gasteiger partial charge is 0.319 e. The summed E-state index contributed by atoms with van der Waals surface area (Å²) in [4.78, 5) is 26.6. The Morgan fingerprint density at radius 1 is 1.11 bits per heavy atom. The summed E-state index contributed by atoms with van der Waals surface area (Å²) in [6, 6.07) is 20.1. The first-order chi connectivity index (χ1) is 18.1. The van der Waals surface area contributed by atoms with Crippen LogP contribution in [0.1, 0.15) is 54.1 Å². The zero-order chi connectivity index (χ0) is 27.3. The van der Waals surface area contributed by atoms with Crippen molar-refractivity contribution in [3.63, 3.8) is 0 Å². The highest BCUT2D eigenvalue weighted by Gasteiger charge is 2.36. The molecule has 2 unspecified atom stereocenters. The standard InChI is InChI=1S/C30H33ClFN3O3/c1-20-16-24(22-6-12-27(32)13-7-22)14-15-35(20)19-30(38,25-8-10-26(31)11-9-25)18-33-29(37)34-28-5-3-4-23(17-28)21(2)36/h3-13,17,20,24,38H,14-16,18-19H2,1-2H3,(H2,33,34,37)/t20?,24?,30-/m0/s1. The second-order valence-electron chi connectivity index (χ2n) is 10.1. The SMILES string of the molecule is CC(=O)c1cccc(NC(=O)NC[C@](O)(CN2CCC(c3ccc(F)cc3)CC2C)c2ccc(Cl)cc2)c1. The van der Waals surface area contributed by atoms with Crippen LogP contribution in [0.15, 0.2) is 72.8 Å². The Morgan fingerprint density at radius 2 is 1.82 bits per heavy atom. The first-order valence-corrected chi connectivity index (χ1v) is 13.1. The van der Waals surface area contributed by atoms with E-state index in [0.717, 1.165) is 24.9 Å². The summed E-state index contributed by atoms with van der Waals surface area (Å²) in [5.74, 6) is -0.0148. The van der Waals surface area contributed by atoms with E-state index in [1.165, 1.54) is 19.1 Å². The fraction of sp³-hybridized carbons (Fsp3) is 0.333. The van der Waals surface area contributed by atoms with E-state index in [9.17, 15) is 19.1 Å². The molecule has 0 saturated carbocycles. The lowest BCUT2D eigenvalue weighted by Crippen LogP contribution is -2.53. The Morgan fingerprint density at radius 3 is 2.47 bits per heavy atom. The molecule has 2 amide bonds. The average molecular weight is 538 g/mol. The molecule has 3 N–H and O–H groups in total. The number of likely N-dealkylation sites (tertiary alicyclic amines) is 1. The first kappa shape index (κ1) is 27.8. The van der Waals surface area contributed by atoms with Gasteiger partial charge in [-0.3, -0.25) is 9.69 Å². The molecule has 38 heavy (non-hydrogen) atoms. The minimum Gasteiger partial charge on any atom is -0.382 e. The summed E-state index contributed by atoms with van der Waals surface area (Å²) in [5, 5.41) is 18.0. The highest BCUT2D eigenvalue weighted by atomic mass is 35.5. The van der Waals surface area contributed by atoms with Crippen LogP contribution in [0.4, 0.5) is 14.9 Å². The number of carbonyl (C=O) groups is 2. The molecule has 8 heteroatoms. The van der Waals surface area contributed by atoms with Gasteiger partial charge in [-0.1, -0.05) is 48.0 Å². The Bertz CT molecular complexity index is 1270. The molecule has 1 heterocycles. The number of amides is 2. The number of β-amino-alcohol motifs (C(OH)–C–C–N with tert-alkyl or cyclic N) is 1. The van der Waals surface area contributed by atoms with Gasteiger partial charge in [0.25, 0.3) is 0 Å². The lowest BCUT2D eigenvalue weighted by atomic mass is 9.84. The van der Waals surface area contributed by atoms with Crippen molar-refractivity contribution in [3.8, 4) is 0 Å². The van der Waals surface area contributed by atoms with E-state index in [-0.39, 0.29) is 24.2 Å². The third kappa shape index (κ3) is 6.98. The largest absolute Gasteiger partial charge is 0.382 e. The number of halogens is 2. The summed E-state index contributed by atoms with van der Waals surface area (Å²) in [5.41, 5.74) is 1.38. The molecule has 1 saturated heterocycles. The predicted molar refractivity (Wildman–Crippen MR) is 148 cm³/mol. The van der Waals surface area contributed by atoms with E-state index in [2.05, 4.69) is 22.5 Å². The van der Waals surface area contributed by atoms with Crippen molar-refractivity contribution in [1.29, 1.82) is 0 Å². The number of urea groups is 1. The van der Waals surface area contributed by atoms with Gasteiger partial charge in [0.15, 0.2) is 5.78 Å². The Hall–Kier alpha value is -3.26. The van der Waals surface area contributed by atoms with Crippen LogP contribution in [-0.2, 0) is 5.60 Å². The van der Waals surface area contributed by atoms with E-state index in [1.807, 2.05) is 12.1 Å². The van der Waals surface area contributed by atoms with Gasteiger partial charge >= 0.3 is 6.03 Å². The molecule has 3 atom stereocenters. The van der Waals surface area contributed by atoms with E-state index in [1.54, 1.807) is 48.5 Å². The van der Waals surface area contributed by atoms with Crippen molar-refractivity contribution < 1.29 is 19.1 Å². The third-order valence-electron chi connectivity index (χ3n) is 7.27. The molecule has 1 fully saturated rings. The van der Waals surface area contributed by atoms with Crippen molar-refractivity contribution >= 4 is 29.1 Å². The van der Waals surface area contributed by atoms with Crippen LogP contribution in [0.5, 0.6) is 0 Å². The maximum absolute atomic E-state index is 13.4. The summed E-state index contributed by atoms with van der Waals surface area (Å²) in [6.45, 7) is 4.63. The van der Waals surface area contributed by atoms with Crippen LogP contribution in [0.25, 0.3) is 0 Å². The van der Waals surface area contributed by atoms with Gasteiger partial charge in [-0.25, -0.2) is 9.18 Å². The summed E-state index contributed by atoms with van der Waals surface area (Å²) in [7, 11) is 0. The van der Waals surface area contributed by atoms with Gasteiger partial charge in [0, 0.05) is 28.9 Å². The molecular weight excluding hydrogens is 505 g/mol. The van der Waals surface area contributed by atoms with E-state index >= 15 is 0 Å². The van der Waals surface area contributed by atoms with Gasteiger partial charge in [0.05, 0.1) is 6.54 Å². The van der Waals surface area contributed by atoms with Crippen molar-refractivity contribution in [2.45, 2.75) is 44.2 Å². The lowest BCUT2D eigenvalue weighted by molar-refractivity contribution is -0.0180. The highest BCUT2D eigenvalue weighted by Crippen LogP contribution is 2.34. The quantitative estimate of drug-likeness (QED) is 0.310. The van der Waals surface area contributed by atoms with Crippen LogP contribution in [-0.4, -0.2) is 47.5 Å².